The normalized spacial score (nSPS) is 10.6. The third kappa shape index (κ3) is 2.60. The van der Waals surface area contributed by atoms with Gasteiger partial charge in [-0.05, 0) is 28.6 Å². The summed E-state index contributed by atoms with van der Waals surface area (Å²) in [7, 11) is 0. The van der Waals surface area contributed by atoms with E-state index in [0.29, 0.717) is 4.77 Å². The minimum atomic E-state index is -0.141. The van der Waals surface area contributed by atoms with Crippen LogP contribution in [-0.2, 0) is 11.2 Å². The first kappa shape index (κ1) is 12.6. The van der Waals surface area contributed by atoms with E-state index in [4.69, 9.17) is 12.2 Å². The monoisotopic (exact) mass is 284 g/mol. The van der Waals surface area contributed by atoms with Gasteiger partial charge in [0.25, 0.3) is 0 Å². The van der Waals surface area contributed by atoms with Crippen LogP contribution in [0.15, 0.2) is 48.8 Å². The number of hydrogen-bond acceptors (Lipinski definition) is 3. The fourth-order valence-corrected chi connectivity index (χ4v) is 2.18. The fraction of sp³-hybridized carbons (Fsp3) is 0.0714. The molecule has 3 rings (SSSR count). The Morgan fingerprint density at radius 2 is 2.05 bits per heavy atom. The molecule has 1 heterocycles. The number of carbonyl (C=O) groups is 1. The highest BCUT2D eigenvalue weighted by molar-refractivity contribution is 7.71. The summed E-state index contributed by atoms with van der Waals surface area (Å²) < 4.78 is 1.75. The predicted molar refractivity (Wildman–Crippen MR) is 79.4 cm³/mol. The number of hydrogen-bond donors (Lipinski definition) is 2. The molecule has 0 aliphatic heterocycles. The Bertz CT molecular complexity index is 821. The number of H-pyrrole nitrogens is 1. The van der Waals surface area contributed by atoms with Crippen LogP contribution in [0.1, 0.15) is 5.56 Å². The molecule has 5 nitrogen and oxygen atoms in total. The van der Waals surface area contributed by atoms with Crippen molar-refractivity contribution >= 4 is 28.9 Å². The molecule has 2 aromatic carbocycles. The van der Waals surface area contributed by atoms with E-state index in [-0.39, 0.29) is 12.3 Å². The summed E-state index contributed by atoms with van der Waals surface area (Å²) in [4.78, 5) is 11.9. The largest absolute Gasteiger partial charge is 0.273 e. The molecule has 6 heteroatoms. The number of fused-ring (bicyclic) bond motifs is 1. The summed E-state index contributed by atoms with van der Waals surface area (Å²) in [6.45, 7) is 0. The van der Waals surface area contributed by atoms with E-state index in [1.54, 1.807) is 0 Å². The van der Waals surface area contributed by atoms with E-state index in [0.717, 1.165) is 16.3 Å². The Morgan fingerprint density at radius 1 is 1.25 bits per heavy atom. The number of rotatable bonds is 3. The maximum Gasteiger partial charge on any atom is 0.243 e. The second kappa shape index (κ2) is 5.26. The highest BCUT2D eigenvalue weighted by atomic mass is 32.1. The van der Waals surface area contributed by atoms with Crippen LogP contribution in [-0.4, -0.2) is 20.8 Å². The first-order valence-corrected chi connectivity index (χ1v) is 6.53. The molecule has 0 bridgehead atoms. The van der Waals surface area contributed by atoms with Crippen molar-refractivity contribution in [1.29, 1.82) is 0 Å². The third-order valence-electron chi connectivity index (χ3n) is 2.98. The number of nitrogens with one attached hydrogen (secondary N) is 2. The molecule has 3 aromatic rings. The quantitative estimate of drug-likeness (QED) is 0.726. The molecule has 0 atom stereocenters. The first-order valence-electron chi connectivity index (χ1n) is 6.12. The molecule has 0 unspecified atom stereocenters. The third-order valence-corrected chi connectivity index (χ3v) is 3.26. The van der Waals surface area contributed by atoms with Crippen molar-refractivity contribution in [3.05, 3.63) is 59.1 Å². The van der Waals surface area contributed by atoms with E-state index >= 15 is 0 Å². The molecule has 0 radical (unpaired) electrons. The SMILES string of the molecule is O=C(Cc1ccc2ccccc2c1)Nn1cn[nH]c1=S. The Morgan fingerprint density at radius 3 is 2.80 bits per heavy atom. The predicted octanol–water partition coefficient (Wildman–Crippen LogP) is 2.41. The summed E-state index contributed by atoms with van der Waals surface area (Å²) in [5.41, 5.74) is 3.62. The van der Waals surface area contributed by atoms with Crippen LogP contribution in [0.2, 0.25) is 0 Å². The standard InChI is InChI=1S/C14H12N4OS/c19-13(17-18-9-15-16-14(18)20)8-10-5-6-11-3-1-2-4-12(11)7-10/h1-7,9H,8H2,(H,16,20)(H,17,19). The average Bonchev–Trinajstić information content (AvgIpc) is 2.84. The van der Waals surface area contributed by atoms with Gasteiger partial charge in [0.05, 0.1) is 6.42 Å². The molecule has 0 saturated carbocycles. The van der Waals surface area contributed by atoms with Crippen molar-refractivity contribution in [3.8, 4) is 0 Å². The van der Waals surface area contributed by atoms with Gasteiger partial charge in [0.15, 0.2) is 0 Å². The maximum absolute atomic E-state index is 11.9. The zero-order valence-corrected chi connectivity index (χ0v) is 11.4. The van der Waals surface area contributed by atoms with Gasteiger partial charge in [0, 0.05) is 0 Å². The number of carbonyl (C=O) groups excluding carboxylic acids is 1. The van der Waals surface area contributed by atoms with Gasteiger partial charge in [-0.15, -0.1) is 0 Å². The average molecular weight is 284 g/mol. The lowest BCUT2D eigenvalue weighted by molar-refractivity contribution is -0.116. The molecule has 100 valence electrons. The molecule has 0 fully saturated rings. The Hall–Kier alpha value is -2.47. The lowest BCUT2D eigenvalue weighted by Gasteiger charge is -2.06. The molecule has 2 N–H and O–H groups in total. The van der Waals surface area contributed by atoms with E-state index < -0.39 is 0 Å². The van der Waals surface area contributed by atoms with Crippen LogP contribution in [0.3, 0.4) is 0 Å². The van der Waals surface area contributed by atoms with Crippen LogP contribution in [0.25, 0.3) is 10.8 Å². The fourth-order valence-electron chi connectivity index (χ4n) is 2.04. The van der Waals surface area contributed by atoms with Crippen LogP contribution in [0, 0.1) is 4.77 Å². The molecule has 0 saturated heterocycles. The molecule has 0 aliphatic carbocycles. The van der Waals surface area contributed by atoms with Crippen molar-refractivity contribution in [2.75, 3.05) is 5.43 Å². The van der Waals surface area contributed by atoms with Gasteiger partial charge in [-0.1, -0.05) is 42.5 Å². The van der Waals surface area contributed by atoms with Gasteiger partial charge in [-0.25, -0.2) is 4.68 Å². The molecule has 0 aliphatic rings. The number of aromatic nitrogens is 3. The van der Waals surface area contributed by atoms with Gasteiger partial charge in [-0.2, -0.15) is 5.10 Å². The molecular formula is C14H12N4OS. The van der Waals surface area contributed by atoms with E-state index in [1.807, 2.05) is 42.5 Å². The van der Waals surface area contributed by atoms with Crippen LogP contribution < -0.4 is 5.43 Å². The maximum atomic E-state index is 11.9. The minimum absolute atomic E-state index is 0.141. The summed E-state index contributed by atoms with van der Waals surface area (Å²) >= 11 is 4.96. The van der Waals surface area contributed by atoms with Gasteiger partial charge in [-0.3, -0.25) is 15.3 Å². The van der Waals surface area contributed by atoms with Crippen molar-refractivity contribution < 1.29 is 4.79 Å². The number of benzene rings is 2. The van der Waals surface area contributed by atoms with Crippen molar-refractivity contribution in [2.45, 2.75) is 6.42 Å². The molecule has 0 spiro atoms. The van der Waals surface area contributed by atoms with Crippen molar-refractivity contribution in [1.82, 2.24) is 14.9 Å². The van der Waals surface area contributed by atoms with Crippen molar-refractivity contribution in [2.24, 2.45) is 0 Å². The summed E-state index contributed by atoms with van der Waals surface area (Å²) in [5, 5.41) is 8.60. The smallest absolute Gasteiger partial charge is 0.243 e. The Labute approximate surface area is 120 Å². The molecule has 20 heavy (non-hydrogen) atoms. The Balaban J connectivity index is 1.77. The zero-order valence-electron chi connectivity index (χ0n) is 10.5. The summed E-state index contributed by atoms with van der Waals surface area (Å²) in [6.07, 6.45) is 1.72. The summed E-state index contributed by atoms with van der Waals surface area (Å²) in [5.74, 6) is -0.141. The van der Waals surface area contributed by atoms with E-state index in [9.17, 15) is 4.79 Å². The van der Waals surface area contributed by atoms with Gasteiger partial charge < -0.3 is 0 Å². The highest BCUT2D eigenvalue weighted by Crippen LogP contribution is 2.15. The van der Waals surface area contributed by atoms with E-state index in [2.05, 4.69) is 15.6 Å². The second-order valence-electron chi connectivity index (χ2n) is 4.42. The molecule has 1 amide bonds. The molecule has 1 aromatic heterocycles. The van der Waals surface area contributed by atoms with Crippen LogP contribution >= 0.6 is 12.2 Å². The topological polar surface area (TPSA) is 62.7 Å². The van der Waals surface area contributed by atoms with Gasteiger partial charge in [0.2, 0.25) is 10.7 Å². The minimum Gasteiger partial charge on any atom is -0.273 e. The van der Waals surface area contributed by atoms with Gasteiger partial charge in [0.1, 0.15) is 6.33 Å². The zero-order chi connectivity index (χ0) is 13.9. The van der Waals surface area contributed by atoms with Crippen LogP contribution in [0.4, 0.5) is 0 Å². The van der Waals surface area contributed by atoms with Crippen molar-refractivity contribution in [3.63, 3.8) is 0 Å². The number of amides is 1. The number of aromatic amines is 1. The Kier molecular flexibility index (Phi) is 3.30. The first-order chi connectivity index (χ1) is 9.72. The lowest BCUT2D eigenvalue weighted by Crippen LogP contribution is -2.23. The number of nitrogens with zero attached hydrogens (tertiary/aromatic N) is 2. The second-order valence-corrected chi connectivity index (χ2v) is 4.81. The highest BCUT2D eigenvalue weighted by Gasteiger charge is 2.05. The van der Waals surface area contributed by atoms with E-state index in [1.165, 1.54) is 11.0 Å². The summed E-state index contributed by atoms with van der Waals surface area (Å²) in [6, 6.07) is 14.0. The van der Waals surface area contributed by atoms with Gasteiger partial charge >= 0.3 is 0 Å². The molecular weight excluding hydrogens is 272 g/mol. The lowest BCUT2D eigenvalue weighted by atomic mass is 10.1. The van der Waals surface area contributed by atoms with Crippen LogP contribution in [0.5, 0.6) is 0 Å².